The largest absolute Gasteiger partial charge is 0.322 e. The molecule has 4 nitrogen and oxygen atoms in total. The van der Waals surface area contributed by atoms with Gasteiger partial charge in [0.25, 0.3) is 0 Å². The Kier molecular flexibility index (Phi) is 3.77. The lowest BCUT2D eigenvalue weighted by Crippen LogP contribution is -2.21. The number of nitrogens with two attached hydrogens (primary N) is 1. The summed E-state index contributed by atoms with van der Waals surface area (Å²) < 4.78 is 0. The number of fused-ring (bicyclic) bond motifs is 1. The standard InChI is InChI=1S/C12H15N3OS/c13-6-9-8-4-2-1-3-5-10(8)17-12(9)15-11(16)7-14/h1-5,7,14H2,(H,15,16). The number of rotatable bonds is 2. The van der Waals surface area contributed by atoms with E-state index in [1.54, 1.807) is 0 Å². The molecule has 0 saturated heterocycles. The zero-order valence-electron chi connectivity index (χ0n) is 9.58. The maximum Gasteiger partial charge on any atom is 0.238 e. The van der Waals surface area contributed by atoms with Gasteiger partial charge in [-0.1, -0.05) is 6.42 Å². The van der Waals surface area contributed by atoms with Gasteiger partial charge in [-0.3, -0.25) is 4.79 Å². The minimum absolute atomic E-state index is 0.0482. The van der Waals surface area contributed by atoms with Gasteiger partial charge in [-0.05, 0) is 31.2 Å². The lowest BCUT2D eigenvalue weighted by atomic mass is 10.1. The molecule has 90 valence electrons. The third kappa shape index (κ3) is 2.48. The van der Waals surface area contributed by atoms with Crippen LogP contribution in [0.3, 0.4) is 0 Å². The summed E-state index contributed by atoms with van der Waals surface area (Å²) in [5.74, 6) is -0.238. The van der Waals surface area contributed by atoms with Gasteiger partial charge < -0.3 is 11.1 Å². The number of aryl methyl sites for hydroxylation is 1. The Hall–Kier alpha value is -1.38. The molecule has 0 fully saturated rings. The molecule has 0 atom stereocenters. The normalized spacial score (nSPS) is 14.6. The SMILES string of the molecule is N#Cc1c(NC(=O)CN)sc2c1CCCCC2. The van der Waals surface area contributed by atoms with Crippen molar-refractivity contribution in [2.24, 2.45) is 5.73 Å². The Bertz CT molecular complexity index is 473. The minimum Gasteiger partial charge on any atom is -0.322 e. The molecule has 0 radical (unpaired) electrons. The number of thiophene rings is 1. The number of carbonyl (C=O) groups excluding carboxylic acids is 1. The molecule has 0 bridgehead atoms. The third-order valence-corrected chi connectivity index (χ3v) is 4.18. The second-order valence-corrected chi connectivity index (χ2v) is 5.24. The molecule has 1 aliphatic rings. The summed E-state index contributed by atoms with van der Waals surface area (Å²) in [6.07, 6.45) is 5.49. The Morgan fingerprint density at radius 1 is 1.41 bits per heavy atom. The van der Waals surface area contributed by atoms with Gasteiger partial charge in [0.05, 0.1) is 12.1 Å². The molecular weight excluding hydrogens is 234 g/mol. The van der Waals surface area contributed by atoms with Crippen LogP contribution in [0.4, 0.5) is 5.00 Å². The van der Waals surface area contributed by atoms with E-state index in [9.17, 15) is 10.1 Å². The van der Waals surface area contributed by atoms with E-state index < -0.39 is 0 Å². The summed E-state index contributed by atoms with van der Waals surface area (Å²) in [6.45, 7) is -0.0482. The lowest BCUT2D eigenvalue weighted by Gasteiger charge is -2.01. The van der Waals surface area contributed by atoms with Crippen LogP contribution in [0.1, 0.15) is 35.3 Å². The van der Waals surface area contributed by atoms with Gasteiger partial charge in [-0.2, -0.15) is 5.26 Å². The monoisotopic (exact) mass is 249 g/mol. The van der Waals surface area contributed by atoms with E-state index >= 15 is 0 Å². The lowest BCUT2D eigenvalue weighted by molar-refractivity contribution is -0.114. The summed E-state index contributed by atoms with van der Waals surface area (Å²) in [4.78, 5) is 12.5. The van der Waals surface area contributed by atoms with Gasteiger partial charge >= 0.3 is 0 Å². The first-order chi connectivity index (χ1) is 8.26. The van der Waals surface area contributed by atoms with Crippen LogP contribution in [-0.4, -0.2) is 12.5 Å². The molecule has 1 heterocycles. The highest BCUT2D eigenvalue weighted by Gasteiger charge is 2.20. The second kappa shape index (κ2) is 5.30. The topological polar surface area (TPSA) is 78.9 Å². The first-order valence-electron chi connectivity index (χ1n) is 5.80. The molecule has 1 amide bonds. The van der Waals surface area contributed by atoms with Crippen molar-refractivity contribution in [3.63, 3.8) is 0 Å². The maximum atomic E-state index is 11.3. The summed E-state index contributed by atoms with van der Waals surface area (Å²) in [5.41, 5.74) is 7.06. The van der Waals surface area contributed by atoms with Crippen molar-refractivity contribution in [2.75, 3.05) is 11.9 Å². The van der Waals surface area contributed by atoms with Crippen LogP contribution in [0.5, 0.6) is 0 Å². The number of anilines is 1. The van der Waals surface area contributed by atoms with E-state index in [1.165, 1.54) is 29.1 Å². The molecule has 5 heteroatoms. The predicted octanol–water partition coefficient (Wildman–Crippen LogP) is 1.79. The highest BCUT2D eigenvalue weighted by Crippen LogP contribution is 2.36. The predicted molar refractivity (Wildman–Crippen MR) is 68.0 cm³/mol. The quantitative estimate of drug-likeness (QED) is 0.784. The molecule has 0 unspecified atom stereocenters. The second-order valence-electron chi connectivity index (χ2n) is 4.13. The number of hydrogen-bond donors (Lipinski definition) is 2. The van der Waals surface area contributed by atoms with Crippen LogP contribution in [0, 0.1) is 11.3 Å². The van der Waals surface area contributed by atoms with E-state index in [0.29, 0.717) is 10.6 Å². The van der Waals surface area contributed by atoms with E-state index in [4.69, 9.17) is 5.73 Å². The van der Waals surface area contributed by atoms with E-state index in [1.807, 2.05) is 0 Å². The van der Waals surface area contributed by atoms with Gasteiger partial charge in [-0.15, -0.1) is 11.3 Å². The molecule has 2 rings (SSSR count). The molecule has 3 N–H and O–H groups in total. The van der Waals surface area contributed by atoms with Crippen molar-refractivity contribution in [1.29, 1.82) is 5.26 Å². The van der Waals surface area contributed by atoms with E-state index in [2.05, 4.69) is 11.4 Å². The third-order valence-electron chi connectivity index (χ3n) is 2.97. The molecule has 0 aromatic carbocycles. The Balaban J connectivity index is 2.34. The Morgan fingerprint density at radius 2 is 2.18 bits per heavy atom. The van der Waals surface area contributed by atoms with Crippen molar-refractivity contribution in [2.45, 2.75) is 32.1 Å². The number of amides is 1. The smallest absolute Gasteiger partial charge is 0.238 e. The van der Waals surface area contributed by atoms with Crippen molar-refractivity contribution < 1.29 is 4.79 Å². The number of nitriles is 1. The van der Waals surface area contributed by atoms with Crippen LogP contribution in [0.15, 0.2) is 0 Å². The van der Waals surface area contributed by atoms with E-state index in [0.717, 1.165) is 24.8 Å². The van der Waals surface area contributed by atoms with Crippen LogP contribution in [0.2, 0.25) is 0 Å². The van der Waals surface area contributed by atoms with Crippen molar-refractivity contribution in [3.8, 4) is 6.07 Å². The first kappa shape index (κ1) is 12.1. The fraction of sp³-hybridized carbons (Fsp3) is 0.500. The highest BCUT2D eigenvalue weighted by molar-refractivity contribution is 7.16. The van der Waals surface area contributed by atoms with Crippen molar-refractivity contribution >= 4 is 22.2 Å². The van der Waals surface area contributed by atoms with Gasteiger partial charge in [0.15, 0.2) is 0 Å². The van der Waals surface area contributed by atoms with Gasteiger partial charge in [0, 0.05) is 4.88 Å². The fourth-order valence-corrected chi connectivity index (χ4v) is 3.38. The van der Waals surface area contributed by atoms with E-state index in [-0.39, 0.29) is 12.5 Å². The number of hydrogen-bond acceptors (Lipinski definition) is 4. The van der Waals surface area contributed by atoms with Gasteiger partial charge in [0.2, 0.25) is 5.91 Å². The molecular formula is C12H15N3OS. The molecule has 1 aromatic heterocycles. The maximum absolute atomic E-state index is 11.3. The zero-order chi connectivity index (χ0) is 12.3. The molecule has 1 aromatic rings. The van der Waals surface area contributed by atoms with Crippen LogP contribution in [-0.2, 0) is 17.6 Å². The zero-order valence-corrected chi connectivity index (χ0v) is 10.4. The van der Waals surface area contributed by atoms with Crippen molar-refractivity contribution in [1.82, 2.24) is 0 Å². The summed E-state index contributed by atoms with van der Waals surface area (Å²) in [7, 11) is 0. The van der Waals surface area contributed by atoms with Crippen molar-refractivity contribution in [3.05, 3.63) is 16.0 Å². The molecule has 17 heavy (non-hydrogen) atoms. The average molecular weight is 249 g/mol. The fourth-order valence-electron chi connectivity index (χ4n) is 2.13. The molecule has 0 spiro atoms. The minimum atomic E-state index is -0.238. The van der Waals surface area contributed by atoms with Crippen LogP contribution < -0.4 is 11.1 Å². The first-order valence-corrected chi connectivity index (χ1v) is 6.62. The summed E-state index contributed by atoms with van der Waals surface area (Å²) >= 11 is 1.53. The summed E-state index contributed by atoms with van der Waals surface area (Å²) in [6, 6.07) is 2.22. The Labute approximate surface area is 104 Å². The molecule has 0 saturated carbocycles. The number of nitrogens with zero attached hydrogens (tertiary/aromatic N) is 1. The van der Waals surface area contributed by atoms with Gasteiger partial charge in [-0.25, -0.2) is 0 Å². The highest BCUT2D eigenvalue weighted by atomic mass is 32.1. The Morgan fingerprint density at radius 3 is 2.88 bits per heavy atom. The molecule has 0 aliphatic heterocycles. The average Bonchev–Trinajstić information content (AvgIpc) is 2.50. The number of carbonyl (C=O) groups is 1. The van der Waals surface area contributed by atoms with Crippen LogP contribution in [0.25, 0.3) is 0 Å². The van der Waals surface area contributed by atoms with Gasteiger partial charge in [0.1, 0.15) is 11.1 Å². The summed E-state index contributed by atoms with van der Waals surface area (Å²) in [5, 5.41) is 12.6. The van der Waals surface area contributed by atoms with Crippen LogP contribution >= 0.6 is 11.3 Å². The number of nitrogens with one attached hydrogen (secondary N) is 1. The molecule has 1 aliphatic carbocycles.